The second-order valence-electron chi connectivity index (χ2n) is 10.7. The van der Waals surface area contributed by atoms with Gasteiger partial charge in [-0.05, 0) is 70.6 Å². The number of carboxylic acids is 1. The van der Waals surface area contributed by atoms with Crippen LogP contribution in [0.4, 0.5) is 0 Å². The summed E-state index contributed by atoms with van der Waals surface area (Å²) in [4.78, 5) is 26.1. The first-order valence-corrected chi connectivity index (χ1v) is 15.1. The molecule has 9 heteroatoms. The number of allylic oxidation sites excluding steroid dienone is 3. The minimum atomic E-state index is -1.16. The summed E-state index contributed by atoms with van der Waals surface area (Å²) in [6, 6.07) is 3.89. The molecule has 2 heterocycles. The van der Waals surface area contributed by atoms with Crippen molar-refractivity contribution in [3.8, 4) is 11.5 Å². The van der Waals surface area contributed by atoms with E-state index in [0.29, 0.717) is 10.7 Å². The molecule has 1 aromatic carbocycles. The van der Waals surface area contributed by atoms with E-state index in [0.717, 1.165) is 56.1 Å². The number of aromatic hydroxyl groups is 1. The lowest BCUT2D eigenvalue weighted by Gasteiger charge is -2.43. The number of thioether (sulfide) groups is 1. The van der Waals surface area contributed by atoms with Gasteiger partial charge in [0.25, 0.3) is 0 Å². The molecule has 0 spiro atoms. The summed E-state index contributed by atoms with van der Waals surface area (Å²) >= 11 is 1.30. The SMILES string of the molecule is C.C=CC.CCCCCc1cc(O)c(C2C=C(C)CCC2)c(OCNCC2=C(C(=O)O)N3C(=O)C(C(C)O)C3S2)c1. The molecule has 228 valence electrons. The average molecular weight is 589 g/mol. The number of carbonyl (C=O) groups excluding carboxylic acids is 1. The maximum absolute atomic E-state index is 12.4. The van der Waals surface area contributed by atoms with Gasteiger partial charge in [0.15, 0.2) is 0 Å². The number of fused-ring (bicyclic) bond motifs is 1. The van der Waals surface area contributed by atoms with Crippen molar-refractivity contribution in [3.63, 3.8) is 0 Å². The number of phenols is 1. The van der Waals surface area contributed by atoms with Gasteiger partial charge < -0.3 is 20.1 Å². The highest BCUT2D eigenvalue weighted by molar-refractivity contribution is 8.04. The Kier molecular flexibility index (Phi) is 13.5. The van der Waals surface area contributed by atoms with Gasteiger partial charge in [0.2, 0.25) is 5.91 Å². The molecule has 1 amide bonds. The lowest BCUT2D eigenvalue weighted by molar-refractivity contribution is -0.156. The number of aliphatic hydroxyl groups is 1. The number of hydrogen-bond acceptors (Lipinski definition) is 7. The number of carbonyl (C=O) groups is 2. The van der Waals surface area contributed by atoms with E-state index in [-0.39, 0.29) is 49.3 Å². The van der Waals surface area contributed by atoms with Crippen molar-refractivity contribution < 1.29 is 29.6 Å². The van der Waals surface area contributed by atoms with Crippen molar-refractivity contribution in [2.24, 2.45) is 5.92 Å². The van der Waals surface area contributed by atoms with Crippen LogP contribution in [0.25, 0.3) is 0 Å². The Hall–Kier alpha value is -2.75. The molecule has 2 aliphatic heterocycles. The Morgan fingerprint density at radius 2 is 2.05 bits per heavy atom. The number of β-lactam (4-membered cyclic amide) rings is 1. The van der Waals surface area contributed by atoms with Crippen LogP contribution in [-0.4, -0.2) is 56.8 Å². The highest BCUT2D eigenvalue weighted by Crippen LogP contribution is 2.50. The Morgan fingerprint density at radius 1 is 1.34 bits per heavy atom. The van der Waals surface area contributed by atoms with Gasteiger partial charge in [-0.1, -0.05) is 44.9 Å². The first-order valence-electron chi connectivity index (χ1n) is 14.2. The molecule has 1 fully saturated rings. The zero-order valence-electron chi connectivity index (χ0n) is 24.1. The van der Waals surface area contributed by atoms with Crippen LogP contribution in [-0.2, 0) is 16.0 Å². The molecule has 0 bridgehead atoms. The monoisotopic (exact) mass is 588 g/mol. The number of nitrogens with one attached hydrogen (secondary N) is 1. The topological polar surface area (TPSA) is 119 Å². The minimum absolute atomic E-state index is 0. The summed E-state index contributed by atoms with van der Waals surface area (Å²) in [6.45, 7) is 11.4. The fourth-order valence-electron chi connectivity index (χ4n) is 5.49. The molecule has 1 aromatic rings. The Bertz CT molecular complexity index is 1150. The Morgan fingerprint density at radius 3 is 2.66 bits per heavy atom. The molecule has 3 aliphatic rings. The van der Waals surface area contributed by atoms with Crippen LogP contribution >= 0.6 is 11.8 Å². The predicted molar refractivity (Wildman–Crippen MR) is 166 cm³/mol. The van der Waals surface area contributed by atoms with Crippen molar-refractivity contribution in [1.82, 2.24) is 10.2 Å². The molecule has 4 unspecified atom stereocenters. The van der Waals surface area contributed by atoms with Gasteiger partial charge in [0.05, 0.1) is 12.0 Å². The highest BCUT2D eigenvalue weighted by Gasteiger charge is 2.57. The van der Waals surface area contributed by atoms with Gasteiger partial charge >= 0.3 is 5.97 Å². The Labute approximate surface area is 249 Å². The van der Waals surface area contributed by atoms with E-state index in [1.807, 2.05) is 19.1 Å². The molecule has 41 heavy (non-hydrogen) atoms. The van der Waals surface area contributed by atoms with Crippen LogP contribution in [0.15, 0.2) is 47.0 Å². The lowest BCUT2D eigenvalue weighted by Crippen LogP contribution is -2.60. The Balaban J connectivity index is 0.00000141. The number of amides is 1. The molecule has 1 saturated heterocycles. The third-order valence-electron chi connectivity index (χ3n) is 7.38. The quantitative estimate of drug-likeness (QED) is 0.0972. The van der Waals surface area contributed by atoms with E-state index in [1.165, 1.54) is 22.2 Å². The van der Waals surface area contributed by atoms with Crippen molar-refractivity contribution in [2.75, 3.05) is 13.3 Å². The second kappa shape index (κ2) is 16.0. The lowest BCUT2D eigenvalue weighted by atomic mass is 9.84. The van der Waals surface area contributed by atoms with E-state index in [1.54, 1.807) is 13.0 Å². The van der Waals surface area contributed by atoms with Gasteiger partial charge in [-0.25, -0.2) is 4.79 Å². The number of carboxylic acid groups (broad SMARTS) is 1. The number of unbranched alkanes of at least 4 members (excludes halogenated alkanes) is 2. The summed E-state index contributed by atoms with van der Waals surface area (Å²) < 4.78 is 6.16. The number of nitrogens with zero attached hydrogens (tertiary/aromatic N) is 1. The van der Waals surface area contributed by atoms with E-state index in [9.17, 15) is 24.9 Å². The molecule has 8 nitrogen and oxygen atoms in total. The standard InChI is InChI=1S/C28H38N2O6S.C3H6.CH4/c1-4-5-6-9-18-12-20(32)24(19-10-7-8-16(2)11-19)21(13-18)36-15-29-14-22-25(28(34)35)30-26(33)23(17(3)31)27(30)37-22;1-3-2;/h11-13,17,19,23,27,29,31-32H,4-10,14-15H2,1-3H3,(H,34,35);3H,1H2,2H3;1H4. The first-order chi connectivity index (χ1) is 19.1. The van der Waals surface area contributed by atoms with Crippen LogP contribution < -0.4 is 10.1 Å². The molecule has 4 atom stereocenters. The minimum Gasteiger partial charge on any atom is -0.507 e. The molecular weight excluding hydrogens is 540 g/mol. The number of aliphatic hydroxyl groups excluding tert-OH is 1. The maximum atomic E-state index is 12.4. The smallest absolute Gasteiger partial charge is 0.353 e. The molecule has 4 rings (SSSR count). The third kappa shape index (κ3) is 8.17. The number of rotatable bonds is 12. The summed E-state index contributed by atoms with van der Waals surface area (Å²) in [5.74, 6) is -1.11. The predicted octanol–water partition coefficient (Wildman–Crippen LogP) is 6.30. The molecular formula is C32H48N2O6S. The largest absolute Gasteiger partial charge is 0.507 e. The van der Waals surface area contributed by atoms with Gasteiger partial charge in [-0.15, -0.1) is 18.3 Å². The molecule has 0 saturated carbocycles. The van der Waals surface area contributed by atoms with Gasteiger partial charge in [0, 0.05) is 22.9 Å². The number of hydrogen-bond donors (Lipinski definition) is 4. The summed E-state index contributed by atoms with van der Waals surface area (Å²) in [5, 5.41) is 33.4. The number of ether oxygens (including phenoxy) is 1. The third-order valence-corrected chi connectivity index (χ3v) is 8.75. The van der Waals surface area contributed by atoms with Crippen molar-refractivity contribution in [2.45, 2.75) is 97.5 Å². The van der Waals surface area contributed by atoms with Gasteiger partial charge in [0.1, 0.15) is 29.3 Å². The highest BCUT2D eigenvalue weighted by atomic mass is 32.2. The van der Waals surface area contributed by atoms with Crippen LogP contribution in [0, 0.1) is 5.92 Å². The number of benzene rings is 1. The first kappa shape index (κ1) is 34.5. The van der Waals surface area contributed by atoms with E-state index < -0.39 is 18.0 Å². The van der Waals surface area contributed by atoms with Crippen LogP contribution in [0.5, 0.6) is 11.5 Å². The summed E-state index contributed by atoms with van der Waals surface area (Å²) in [6.07, 6.45) is 10.4. The number of aliphatic carboxylic acids is 1. The second-order valence-corrected chi connectivity index (χ2v) is 11.9. The zero-order valence-corrected chi connectivity index (χ0v) is 24.9. The van der Waals surface area contributed by atoms with E-state index in [4.69, 9.17) is 4.74 Å². The summed E-state index contributed by atoms with van der Waals surface area (Å²) in [5.41, 5.74) is 3.13. The van der Waals surface area contributed by atoms with Crippen molar-refractivity contribution in [3.05, 3.63) is 58.2 Å². The van der Waals surface area contributed by atoms with Crippen molar-refractivity contribution in [1.29, 1.82) is 0 Å². The van der Waals surface area contributed by atoms with Crippen LogP contribution in [0.2, 0.25) is 0 Å². The van der Waals surface area contributed by atoms with Crippen LogP contribution in [0.1, 0.15) is 90.7 Å². The molecule has 0 radical (unpaired) electrons. The maximum Gasteiger partial charge on any atom is 0.353 e. The van der Waals surface area contributed by atoms with E-state index >= 15 is 0 Å². The molecule has 0 aromatic heterocycles. The van der Waals surface area contributed by atoms with Gasteiger partial charge in [-0.2, -0.15) is 0 Å². The van der Waals surface area contributed by atoms with Gasteiger partial charge in [-0.3, -0.25) is 15.0 Å². The zero-order chi connectivity index (χ0) is 29.4. The number of phenolic OH excluding ortho intramolecular Hbond substituents is 1. The fraction of sp³-hybridized carbons (Fsp3) is 0.562. The molecule has 4 N–H and O–H groups in total. The van der Waals surface area contributed by atoms with Crippen LogP contribution in [0.3, 0.4) is 0 Å². The fourth-order valence-corrected chi connectivity index (χ4v) is 7.07. The normalized spacial score (nSPS) is 22.0. The molecule has 1 aliphatic carbocycles. The summed E-state index contributed by atoms with van der Waals surface area (Å²) in [7, 11) is 0. The van der Waals surface area contributed by atoms with Crippen molar-refractivity contribution >= 4 is 23.6 Å². The van der Waals surface area contributed by atoms with E-state index in [2.05, 4.69) is 31.8 Å². The number of aryl methyl sites for hydroxylation is 1. The average Bonchev–Trinajstić information content (AvgIpc) is 3.21.